The van der Waals surface area contributed by atoms with Crippen LogP contribution in [0, 0.1) is 25.2 Å². The van der Waals surface area contributed by atoms with Crippen molar-refractivity contribution in [3.63, 3.8) is 0 Å². The summed E-state index contributed by atoms with van der Waals surface area (Å²) < 4.78 is 41.5. The molecule has 266 valence electrons. The molecule has 1 saturated heterocycles. The highest BCUT2D eigenvalue weighted by molar-refractivity contribution is 5.87. The summed E-state index contributed by atoms with van der Waals surface area (Å²) >= 11 is 0. The Hall–Kier alpha value is -5.09. The van der Waals surface area contributed by atoms with Crippen molar-refractivity contribution in [2.75, 3.05) is 41.5 Å². The Bertz CT molecular complexity index is 1940. The number of hydrogen-bond acceptors (Lipinski definition) is 12. The molecule has 4 aliphatic heterocycles. The number of piperazine rings is 1. The van der Waals surface area contributed by atoms with Crippen LogP contribution in [0.3, 0.4) is 0 Å². The number of rotatable bonds is 9. The number of carbonyl (C=O) groups excluding carboxylic acids is 2. The summed E-state index contributed by atoms with van der Waals surface area (Å²) in [6.45, 7) is 5.06. The minimum Gasteiger partial charge on any atom is -0.493 e. The van der Waals surface area contributed by atoms with E-state index in [1.165, 1.54) is 13.0 Å². The van der Waals surface area contributed by atoms with Crippen LogP contribution in [0.5, 0.6) is 28.7 Å². The van der Waals surface area contributed by atoms with Crippen LogP contribution in [-0.2, 0) is 31.9 Å². The van der Waals surface area contributed by atoms with E-state index in [0.29, 0.717) is 52.7 Å². The summed E-state index contributed by atoms with van der Waals surface area (Å²) in [6.07, 6.45) is 4.04. The molecule has 0 radical (unpaired) electrons. The maximum Gasteiger partial charge on any atom is 0.330 e. The van der Waals surface area contributed by atoms with E-state index < -0.39 is 24.0 Å². The van der Waals surface area contributed by atoms with E-state index in [4.69, 9.17) is 33.2 Å². The average Bonchev–Trinajstić information content (AvgIpc) is 3.61. The van der Waals surface area contributed by atoms with Gasteiger partial charge < -0.3 is 33.2 Å². The average molecular weight is 696 g/mol. The van der Waals surface area contributed by atoms with E-state index in [2.05, 4.69) is 21.9 Å². The maximum absolute atomic E-state index is 13.3. The minimum atomic E-state index is -0.654. The Morgan fingerprint density at radius 1 is 1.02 bits per heavy atom. The molecule has 51 heavy (non-hydrogen) atoms. The minimum absolute atomic E-state index is 0.0124. The molecular formula is C39H41N3O9. The van der Waals surface area contributed by atoms with Crippen LogP contribution in [0.2, 0.25) is 0 Å². The Balaban J connectivity index is 1.40. The number of benzene rings is 3. The molecule has 0 spiro atoms. The molecule has 12 nitrogen and oxygen atoms in total. The quantitative estimate of drug-likeness (QED) is 0.130. The summed E-state index contributed by atoms with van der Waals surface area (Å²) in [5.74, 6) is 1.53. The van der Waals surface area contributed by atoms with Crippen molar-refractivity contribution in [2.24, 2.45) is 0 Å². The smallest absolute Gasteiger partial charge is 0.330 e. The van der Waals surface area contributed by atoms with Gasteiger partial charge in [-0.3, -0.25) is 14.6 Å². The van der Waals surface area contributed by atoms with E-state index in [9.17, 15) is 14.9 Å². The molecule has 0 N–H and O–H groups in total. The molecular weight excluding hydrogens is 654 g/mol. The van der Waals surface area contributed by atoms with Gasteiger partial charge in [-0.05, 0) is 56.5 Å². The number of carbonyl (C=O) groups is 2. The first kappa shape index (κ1) is 34.4. The Kier molecular flexibility index (Phi) is 9.37. The highest BCUT2D eigenvalue weighted by Gasteiger charge is 2.57. The molecule has 1 unspecified atom stereocenters. The summed E-state index contributed by atoms with van der Waals surface area (Å²) in [5, 5.41) is 11.0. The first-order chi connectivity index (χ1) is 24.7. The van der Waals surface area contributed by atoms with Crippen molar-refractivity contribution >= 4 is 18.0 Å². The standard InChI is InChI=1S/C39H41N3O9/c1-21-14-25-15-27-29(17-40)42-28(34(41(27)4)32(25)38(35(21)46-6)48-19-45-5)16-26-33(39-37(49-20-50-39)22(2)36(26)51-23(3)43)30(42)18-47-31(44)13-12-24-10-8-7-9-11-24/h7-14,27-30,34H,15-16,18-20H2,1-6H3/b13-12+/t27-,28?,29-,30-,34-/m0/s1. The highest BCUT2D eigenvalue weighted by atomic mass is 16.7. The number of aryl methyl sites for hydroxylation is 1. The van der Waals surface area contributed by atoms with Crippen molar-refractivity contribution in [1.82, 2.24) is 9.80 Å². The number of methoxy groups -OCH3 is 2. The fraction of sp³-hybridized carbons (Fsp3) is 0.410. The molecule has 3 aromatic carbocycles. The maximum atomic E-state index is 13.3. The van der Waals surface area contributed by atoms with Crippen LogP contribution in [0.1, 0.15) is 58.0 Å². The van der Waals surface area contributed by atoms with Crippen molar-refractivity contribution in [2.45, 2.75) is 63.8 Å². The number of fused-ring (bicyclic) bond motifs is 9. The fourth-order valence-electron chi connectivity index (χ4n) is 8.45. The molecule has 0 saturated carbocycles. The lowest BCUT2D eigenvalue weighted by Crippen LogP contribution is -2.68. The van der Waals surface area contributed by atoms with Crippen LogP contribution in [-0.4, -0.2) is 81.3 Å². The van der Waals surface area contributed by atoms with Gasteiger partial charge in [0.25, 0.3) is 0 Å². The van der Waals surface area contributed by atoms with Crippen molar-refractivity contribution in [3.8, 4) is 34.8 Å². The fourth-order valence-corrected chi connectivity index (χ4v) is 8.45. The van der Waals surface area contributed by atoms with Gasteiger partial charge in [-0.1, -0.05) is 36.4 Å². The van der Waals surface area contributed by atoms with E-state index in [1.807, 2.05) is 51.2 Å². The van der Waals surface area contributed by atoms with Crippen molar-refractivity contribution in [1.29, 1.82) is 5.26 Å². The van der Waals surface area contributed by atoms with Crippen molar-refractivity contribution < 1.29 is 42.7 Å². The van der Waals surface area contributed by atoms with Gasteiger partial charge in [-0.15, -0.1) is 0 Å². The number of esters is 2. The van der Waals surface area contributed by atoms with Crippen LogP contribution < -0.4 is 23.7 Å². The first-order valence-corrected chi connectivity index (χ1v) is 16.9. The summed E-state index contributed by atoms with van der Waals surface area (Å²) in [7, 11) is 5.22. The number of likely N-dealkylation sites (N-methyl/N-ethyl adjacent to an activating group) is 1. The lowest BCUT2D eigenvalue weighted by Gasteiger charge is -2.59. The third kappa shape index (κ3) is 5.85. The zero-order chi connectivity index (χ0) is 36.0. The van der Waals surface area contributed by atoms with Crippen LogP contribution in [0.25, 0.3) is 6.08 Å². The zero-order valence-corrected chi connectivity index (χ0v) is 29.6. The molecule has 0 aromatic heterocycles. The summed E-state index contributed by atoms with van der Waals surface area (Å²) in [4.78, 5) is 30.3. The topological polar surface area (TPSA) is 129 Å². The second kappa shape index (κ2) is 13.9. The highest BCUT2D eigenvalue weighted by Crippen LogP contribution is 2.58. The lowest BCUT2D eigenvalue weighted by molar-refractivity contribution is -0.143. The third-order valence-corrected chi connectivity index (χ3v) is 10.4. The predicted octanol–water partition coefficient (Wildman–Crippen LogP) is 4.98. The molecule has 2 bridgehead atoms. The Morgan fingerprint density at radius 3 is 2.49 bits per heavy atom. The zero-order valence-electron chi connectivity index (χ0n) is 29.6. The number of nitrogens with zero attached hydrogens (tertiary/aromatic N) is 3. The molecule has 0 aliphatic carbocycles. The van der Waals surface area contributed by atoms with E-state index in [-0.39, 0.29) is 38.3 Å². The molecule has 4 heterocycles. The van der Waals surface area contributed by atoms with Crippen LogP contribution in [0.4, 0.5) is 0 Å². The van der Waals surface area contributed by atoms with Gasteiger partial charge in [0.05, 0.1) is 25.3 Å². The van der Waals surface area contributed by atoms with E-state index in [0.717, 1.165) is 27.8 Å². The molecule has 12 heteroatoms. The van der Waals surface area contributed by atoms with Gasteiger partial charge >= 0.3 is 11.9 Å². The predicted molar refractivity (Wildman–Crippen MR) is 185 cm³/mol. The number of hydrogen-bond donors (Lipinski definition) is 0. The number of ether oxygens (including phenoxy) is 7. The van der Waals surface area contributed by atoms with Crippen LogP contribution >= 0.6 is 0 Å². The van der Waals surface area contributed by atoms with Crippen LogP contribution in [0.15, 0.2) is 42.5 Å². The monoisotopic (exact) mass is 695 g/mol. The Labute approximate surface area is 297 Å². The van der Waals surface area contributed by atoms with Gasteiger partial charge in [-0.25, -0.2) is 4.79 Å². The SMILES string of the molecule is COCOc1c(OC)c(C)cc2c1[C@@H]1C3Cc4c(OC(C)=O)c(C)c5c(c4[C@H](COC(=O)/C=C/c4ccccc4)N3[C@@H](C#N)[C@H](C2)N1C)OCO5. The van der Waals surface area contributed by atoms with Gasteiger partial charge in [0.2, 0.25) is 6.79 Å². The first-order valence-electron chi connectivity index (χ1n) is 16.9. The normalized spacial score (nSPS) is 23.1. The molecule has 7 rings (SSSR count). The molecule has 4 aliphatic rings. The van der Waals surface area contributed by atoms with Gasteiger partial charge in [0.15, 0.2) is 29.8 Å². The summed E-state index contributed by atoms with van der Waals surface area (Å²) in [5.41, 5.74) is 5.83. The molecule has 1 fully saturated rings. The number of nitriles is 1. The van der Waals surface area contributed by atoms with Gasteiger partial charge in [0, 0.05) is 54.4 Å². The van der Waals surface area contributed by atoms with E-state index in [1.54, 1.807) is 20.3 Å². The van der Waals surface area contributed by atoms with Gasteiger partial charge in [-0.2, -0.15) is 5.26 Å². The van der Waals surface area contributed by atoms with Crippen molar-refractivity contribution in [3.05, 3.63) is 81.4 Å². The molecule has 0 amide bonds. The largest absolute Gasteiger partial charge is 0.493 e. The molecule has 3 aromatic rings. The lowest BCUT2D eigenvalue weighted by atomic mass is 9.71. The summed E-state index contributed by atoms with van der Waals surface area (Å²) in [6, 6.07) is 12.1. The van der Waals surface area contributed by atoms with E-state index >= 15 is 0 Å². The second-order valence-corrected chi connectivity index (χ2v) is 13.2. The third-order valence-electron chi connectivity index (χ3n) is 10.4. The molecule has 5 atom stereocenters. The second-order valence-electron chi connectivity index (χ2n) is 13.2. The van der Waals surface area contributed by atoms with Gasteiger partial charge in [0.1, 0.15) is 18.4 Å². The Morgan fingerprint density at radius 2 is 1.78 bits per heavy atom.